The predicted octanol–water partition coefficient (Wildman–Crippen LogP) is 0.992. The van der Waals surface area contributed by atoms with E-state index in [2.05, 4.69) is 31.9 Å². The minimum Gasteiger partial charge on any atom is -0.508 e. The van der Waals surface area contributed by atoms with Crippen molar-refractivity contribution < 1.29 is 118 Å². The van der Waals surface area contributed by atoms with Crippen LogP contribution >= 0.6 is 23.2 Å². The monoisotopic (exact) mass is 1450 g/mol. The third kappa shape index (κ3) is 15.9. The number of benzene rings is 5. The Hall–Kier alpha value is -9.00. The van der Waals surface area contributed by atoms with Crippen molar-refractivity contribution in [1.82, 2.24) is 31.9 Å². The van der Waals surface area contributed by atoms with Gasteiger partial charge in [-0.05, 0) is 116 Å². The number of ketones is 1. The zero-order valence-electron chi connectivity index (χ0n) is 54.5. The summed E-state index contributed by atoms with van der Waals surface area (Å²) < 4.78 is 38.3. The topological polar surface area (TPSA) is 518 Å². The summed E-state index contributed by atoms with van der Waals surface area (Å²) in [5.74, 6) is -17.4. The lowest BCUT2D eigenvalue weighted by molar-refractivity contribution is -0.333. The van der Waals surface area contributed by atoms with Crippen LogP contribution in [0.2, 0.25) is 10.0 Å². The maximum absolute atomic E-state index is 16.0. The molecule has 20 N–H and O–H groups in total. The fraction of sp³-hybridized carbons (Fsp3) is 0.433. The first kappa shape index (κ1) is 74.7. The Morgan fingerprint density at radius 2 is 1.34 bits per heavy atom. The number of amides is 6. The average molecular weight is 1450 g/mol. The van der Waals surface area contributed by atoms with E-state index in [1.165, 1.54) is 39.1 Å². The second-order valence-electron chi connectivity index (χ2n) is 26.0. The Kier molecular flexibility index (Phi) is 22.4. The molecule has 0 spiro atoms. The Morgan fingerprint density at radius 1 is 0.733 bits per heavy atom. The number of rotatable bonds is 13. The number of aliphatic hydroxyl groups is 6. The molecule has 542 valence electrons. The van der Waals surface area contributed by atoms with Crippen LogP contribution in [0.4, 0.5) is 0 Å². The number of primary amides is 1. The molecule has 7 aliphatic heterocycles. The van der Waals surface area contributed by atoms with Crippen LogP contribution in [0.25, 0.3) is 11.1 Å². The number of carbonyl (C=O) groups excluding carboxylic acids is 7. The number of phenolic OH excluding ortho intramolecular Hbond substituents is 3. The fourth-order valence-electron chi connectivity index (χ4n) is 12.7. The molecular weight excluding hydrogens is 1370 g/mol. The Balaban J connectivity index is 1.24. The molecule has 0 aromatic heterocycles. The molecule has 2 saturated heterocycles. The standard InChI is InChI=1S/C67H76Cl2N8O24/c1-24(2)12-36(72-5)60(89)77-52-54(85)28-8-11-42(35(69)15-28)98-44-17-29-16-43(57(44)101-66-58(56(87)55(86)45(23-78)99-66)100-47-22-67(4,71)59(88)25(3)96-47)97-41-10-7-27(14-34(41)68)53(84)51-40(82)20-32(65(94)95)31-18-30(79)19-39(81)48(31)33-13-26(6-9-38(33)80)49(62(91)76-51)75-63(92)50(29)74-61(90)37(21-46(70)83)73-64(52)93/h6-11,13-19,24-25,32,36-37,45,47,49-56,58-59,66,72,78-81,84-88H,12,20-23,71H2,1-5H3,(H2,70,83)(H,73,93)(H,74,90)(H,75,92)(H,76,91)(H,77,89)(H,94,95)/t25-,32-,36+,37-,45+,47-,49+,50+,51+,52+,53+,54+,55+,56-,58+,59+,66-,67-/m0/s1. The molecule has 7 aliphatic rings. The summed E-state index contributed by atoms with van der Waals surface area (Å²) in [5.41, 5.74) is 8.30. The van der Waals surface area contributed by atoms with Crippen LogP contribution in [0.1, 0.15) is 111 Å². The summed E-state index contributed by atoms with van der Waals surface area (Å²) >= 11 is 14.1. The van der Waals surface area contributed by atoms with E-state index in [1.807, 2.05) is 13.8 Å². The molecule has 0 radical (unpaired) electrons. The Labute approximate surface area is 585 Å². The van der Waals surface area contributed by atoms with Gasteiger partial charge in [0.1, 0.15) is 89.5 Å². The number of ether oxygens (including phenoxy) is 6. The molecule has 0 unspecified atom stereocenters. The van der Waals surface area contributed by atoms with Crippen LogP contribution in [-0.4, -0.2) is 191 Å². The molecule has 34 heteroatoms. The number of carboxylic acids is 1. The molecular formula is C67H76Cl2N8O24. The number of nitrogens with one attached hydrogen (secondary N) is 6. The summed E-state index contributed by atoms with van der Waals surface area (Å²) in [5, 5.41) is 129. The summed E-state index contributed by atoms with van der Waals surface area (Å²) in [6.45, 7) is 5.67. The van der Waals surface area contributed by atoms with Crippen molar-refractivity contribution in [3.8, 4) is 57.1 Å². The molecule has 2 fully saturated rings. The van der Waals surface area contributed by atoms with E-state index < -0.39 is 238 Å². The van der Waals surface area contributed by atoms with Gasteiger partial charge in [0.15, 0.2) is 29.7 Å². The van der Waals surface area contributed by atoms with Gasteiger partial charge >= 0.3 is 5.97 Å². The number of phenols is 3. The van der Waals surface area contributed by atoms with Gasteiger partial charge < -0.3 is 123 Å². The van der Waals surface area contributed by atoms with Gasteiger partial charge in [0.25, 0.3) is 0 Å². The molecule has 11 bridgehead atoms. The fourth-order valence-corrected chi connectivity index (χ4v) is 13.2. The van der Waals surface area contributed by atoms with Crippen molar-refractivity contribution in [3.63, 3.8) is 0 Å². The Morgan fingerprint density at radius 3 is 1.92 bits per heavy atom. The maximum atomic E-state index is 16.0. The first-order chi connectivity index (χ1) is 47.7. The highest BCUT2D eigenvalue weighted by molar-refractivity contribution is 6.32. The molecule has 5 aromatic carbocycles. The van der Waals surface area contributed by atoms with E-state index in [4.69, 9.17) is 63.1 Å². The first-order valence-corrected chi connectivity index (χ1v) is 32.6. The average Bonchev–Trinajstić information content (AvgIpc) is 0.775. The third-order valence-corrected chi connectivity index (χ3v) is 18.7. The normalized spacial score (nSPS) is 29.5. The zero-order chi connectivity index (χ0) is 73.5. The largest absolute Gasteiger partial charge is 0.508 e. The van der Waals surface area contributed by atoms with E-state index in [0.29, 0.717) is 0 Å². The smallest absolute Gasteiger partial charge is 0.311 e. The molecule has 6 amide bonds. The second kappa shape index (κ2) is 30.3. The number of likely N-dealkylation sites (N-methyl/N-ethyl adjacent to an activating group) is 1. The number of hydrogen-bond acceptors (Lipinski definition) is 25. The first-order valence-electron chi connectivity index (χ1n) is 31.8. The van der Waals surface area contributed by atoms with Crippen LogP contribution in [0.5, 0.6) is 46.0 Å². The van der Waals surface area contributed by atoms with Gasteiger partial charge in [0, 0.05) is 35.6 Å². The summed E-state index contributed by atoms with van der Waals surface area (Å²) in [6, 6.07) is 1.99. The van der Waals surface area contributed by atoms with Gasteiger partial charge in [-0.1, -0.05) is 55.2 Å². The molecule has 0 saturated carbocycles. The lowest BCUT2D eigenvalue weighted by atomic mass is 9.83. The number of halogens is 2. The third-order valence-electron chi connectivity index (χ3n) is 18.1. The van der Waals surface area contributed by atoms with Crippen molar-refractivity contribution >= 4 is 70.4 Å². The van der Waals surface area contributed by atoms with E-state index in [9.17, 15) is 75.0 Å². The van der Waals surface area contributed by atoms with Crippen LogP contribution in [0.3, 0.4) is 0 Å². The molecule has 0 aliphatic carbocycles. The van der Waals surface area contributed by atoms with Gasteiger partial charge in [-0.2, -0.15) is 0 Å². The van der Waals surface area contributed by atoms with E-state index >= 15 is 14.4 Å². The summed E-state index contributed by atoms with van der Waals surface area (Å²) in [6.07, 6.45) is -19.5. The minimum absolute atomic E-state index is 0.0950. The van der Waals surface area contributed by atoms with E-state index in [-0.39, 0.29) is 52.0 Å². The highest BCUT2D eigenvalue weighted by Gasteiger charge is 2.51. The van der Waals surface area contributed by atoms with Crippen molar-refractivity contribution in [2.75, 3.05) is 13.7 Å². The number of carbonyl (C=O) groups is 8. The van der Waals surface area contributed by atoms with Crippen LogP contribution in [0.15, 0.2) is 78.9 Å². The van der Waals surface area contributed by atoms with Crippen molar-refractivity contribution in [2.24, 2.45) is 17.4 Å². The van der Waals surface area contributed by atoms with Gasteiger partial charge in [-0.25, -0.2) is 0 Å². The summed E-state index contributed by atoms with van der Waals surface area (Å²) in [7, 11) is 1.47. The van der Waals surface area contributed by atoms with E-state index in [1.54, 1.807) is 0 Å². The Bertz CT molecular complexity index is 4070. The number of fused-ring (bicyclic) bond motifs is 15. The number of aliphatic hydroxyl groups excluding tert-OH is 6. The van der Waals surface area contributed by atoms with E-state index in [0.717, 1.165) is 60.7 Å². The maximum Gasteiger partial charge on any atom is 0.311 e. The summed E-state index contributed by atoms with van der Waals surface area (Å²) in [4.78, 5) is 117. The van der Waals surface area contributed by atoms with Gasteiger partial charge in [0.05, 0.1) is 47.2 Å². The number of hydrogen-bond donors (Lipinski definition) is 18. The highest BCUT2D eigenvalue weighted by atomic mass is 35.5. The highest BCUT2D eigenvalue weighted by Crippen LogP contribution is 2.50. The van der Waals surface area contributed by atoms with Crippen LogP contribution < -0.4 is 57.6 Å². The molecule has 5 aromatic rings. The lowest BCUT2D eigenvalue weighted by Gasteiger charge is -2.47. The number of Topliss-reactive ketones (excluding diaryl/α,β-unsaturated/α-hetero) is 1. The van der Waals surface area contributed by atoms with Crippen molar-refractivity contribution in [1.29, 1.82) is 0 Å². The number of aliphatic carboxylic acids is 1. The van der Waals surface area contributed by atoms with Crippen LogP contribution in [0, 0.1) is 5.92 Å². The quantitative estimate of drug-likeness (QED) is 0.0781. The molecule has 101 heavy (non-hydrogen) atoms. The van der Waals surface area contributed by atoms with Crippen LogP contribution in [-0.2, 0) is 52.6 Å². The second-order valence-corrected chi connectivity index (χ2v) is 26.8. The SMILES string of the molecule is CN[C@H](CC(C)C)C(=O)N[C@H]1C(=O)N[C@@H](CC(N)=O)C(=O)N[C@H]2C(=O)N[C@H]3C(=O)N[C@H](C(=O)C[C@H](C(=O)O)c4cc(O)cc(O)c4-c4cc3ccc4O)[C@H](O)c3ccc(c(Cl)c3)Oc3cc2cc(c3O[C@@H]2O[C@H](CO)[C@@H](O)[C@H](O)[C@H]2O[C@H]2C[C@](C)(N)[C@H](O)[C@H](C)O2)Oc2ccc(cc2Cl)[C@H]1O. The minimum atomic E-state index is -2.33. The van der Waals surface area contributed by atoms with Crippen molar-refractivity contribution in [2.45, 2.75) is 162 Å². The number of carboxylic acid groups (broad SMARTS) is 1. The molecule has 18 atom stereocenters. The van der Waals surface area contributed by atoms with Gasteiger partial charge in [-0.3, -0.25) is 38.4 Å². The zero-order valence-corrected chi connectivity index (χ0v) is 56.0. The van der Waals surface area contributed by atoms with Gasteiger partial charge in [0.2, 0.25) is 47.5 Å². The number of nitrogens with two attached hydrogens (primary N) is 2. The molecule has 12 rings (SSSR count). The molecule has 7 heterocycles. The van der Waals surface area contributed by atoms with Gasteiger partial charge in [-0.15, -0.1) is 0 Å². The predicted molar refractivity (Wildman–Crippen MR) is 351 cm³/mol. The number of aromatic hydroxyl groups is 3. The molecule has 32 nitrogen and oxygen atoms in total. The van der Waals surface area contributed by atoms with Crippen molar-refractivity contribution in [3.05, 3.63) is 117 Å². The lowest BCUT2D eigenvalue weighted by Crippen LogP contribution is -2.64.